The van der Waals surface area contributed by atoms with Crippen LogP contribution < -0.4 is 0 Å². The number of hydrogen-bond acceptors (Lipinski definition) is 6. The number of carboxylic acid groups (broad SMARTS) is 1. The van der Waals surface area contributed by atoms with E-state index in [1.807, 2.05) is 39.8 Å². The summed E-state index contributed by atoms with van der Waals surface area (Å²) in [6.07, 6.45) is 4.04. The molecule has 4 N–H and O–H groups in total. The fraction of sp³-hybridized carbons (Fsp3) is 0.793. The van der Waals surface area contributed by atoms with E-state index in [4.69, 9.17) is 4.74 Å². The number of aliphatic hydroxyl groups is 3. The van der Waals surface area contributed by atoms with Crippen molar-refractivity contribution in [1.29, 1.82) is 0 Å². The topological polar surface area (TPSA) is 124 Å². The summed E-state index contributed by atoms with van der Waals surface area (Å²) >= 11 is 0. The van der Waals surface area contributed by atoms with Crippen molar-refractivity contribution in [3.8, 4) is 0 Å². The van der Waals surface area contributed by atoms with Gasteiger partial charge >= 0.3 is 11.9 Å². The average molecular weight is 509 g/mol. The second-order valence-electron chi connectivity index (χ2n) is 12.9. The Kier molecular flexibility index (Phi) is 9.29. The number of carboxylic acids is 1. The number of hydrogen-bond donors (Lipinski definition) is 4. The van der Waals surface area contributed by atoms with Crippen LogP contribution in [0, 0.1) is 39.9 Å². The third-order valence-corrected chi connectivity index (χ3v) is 9.12. The minimum absolute atomic E-state index is 0.0258. The van der Waals surface area contributed by atoms with E-state index >= 15 is 0 Å². The highest BCUT2D eigenvalue weighted by Crippen LogP contribution is 2.50. The molecule has 8 atom stereocenters. The molecule has 0 aromatic carbocycles. The van der Waals surface area contributed by atoms with Gasteiger partial charge in [0.1, 0.15) is 6.10 Å². The van der Waals surface area contributed by atoms with Crippen LogP contribution in [0.5, 0.6) is 0 Å². The summed E-state index contributed by atoms with van der Waals surface area (Å²) in [6.45, 7) is 16.0. The minimum Gasteiger partial charge on any atom is -0.481 e. The number of ether oxygens (including phenoxy) is 1. The normalized spacial score (nSPS) is 30.6. The van der Waals surface area contributed by atoms with Gasteiger partial charge in [-0.25, -0.2) is 0 Å². The fourth-order valence-corrected chi connectivity index (χ4v) is 5.71. The smallest absolute Gasteiger partial charge is 0.311 e. The Morgan fingerprint density at radius 1 is 1.17 bits per heavy atom. The molecule has 0 radical (unpaired) electrons. The van der Waals surface area contributed by atoms with Crippen molar-refractivity contribution in [2.45, 2.75) is 106 Å². The van der Waals surface area contributed by atoms with Gasteiger partial charge in [0.25, 0.3) is 0 Å². The van der Waals surface area contributed by atoms with Crippen LogP contribution >= 0.6 is 0 Å². The van der Waals surface area contributed by atoms with Crippen molar-refractivity contribution < 1.29 is 34.8 Å². The van der Waals surface area contributed by atoms with Gasteiger partial charge < -0.3 is 25.2 Å². The van der Waals surface area contributed by atoms with Crippen molar-refractivity contribution in [3.63, 3.8) is 0 Å². The van der Waals surface area contributed by atoms with Gasteiger partial charge in [-0.3, -0.25) is 9.59 Å². The second-order valence-corrected chi connectivity index (χ2v) is 12.9. The van der Waals surface area contributed by atoms with Crippen LogP contribution in [0.4, 0.5) is 0 Å². The lowest BCUT2D eigenvalue weighted by Gasteiger charge is -2.50. The zero-order valence-electron chi connectivity index (χ0n) is 23.5. The minimum atomic E-state index is -1.42. The molecular weight excluding hydrogens is 460 g/mol. The lowest BCUT2D eigenvalue weighted by molar-refractivity contribution is -0.173. The first kappa shape index (κ1) is 30.5. The molecule has 2 rings (SSSR count). The van der Waals surface area contributed by atoms with E-state index in [0.29, 0.717) is 19.3 Å². The molecular formula is C29H48O7. The van der Waals surface area contributed by atoms with Crippen molar-refractivity contribution in [1.82, 2.24) is 0 Å². The zero-order valence-corrected chi connectivity index (χ0v) is 23.5. The Bertz CT molecular complexity index is 869. The number of esters is 1. The number of aliphatic carboxylic acids is 1. The zero-order chi connectivity index (χ0) is 27.8. The molecule has 0 fully saturated rings. The maximum absolute atomic E-state index is 12.9. The molecule has 2 aliphatic rings. The maximum atomic E-state index is 12.9. The van der Waals surface area contributed by atoms with Crippen molar-refractivity contribution in [2.24, 2.45) is 39.9 Å². The number of aliphatic hydroxyl groups excluding tert-OH is 3. The Morgan fingerprint density at radius 2 is 1.75 bits per heavy atom. The van der Waals surface area contributed by atoms with E-state index in [9.17, 15) is 30.0 Å². The highest BCUT2D eigenvalue weighted by Gasteiger charge is 2.52. The summed E-state index contributed by atoms with van der Waals surface area (Å²) in [5, 5.41) is 42.5. The fourth-order valence-electron chi connectivity index (χ4n) is 5.71. The Balaban J connectivity index is 2.34. The van der Waals surface area contributed by atoms with Crippen molar-refractivity contribution >= 4 is 11.9 Å². The van der Waals surface area contributed by atoms with E-state index in [2.05, 4.69) is 13.0 Å². The monoisotopic (exact) mass is 508 g/mol. The largest absolute Gasteiger partial charge is 0.481 e. The molecule has 0 spiro atoms. The van der Waals surface area contributed by atoms with Crippen LogP contribution in [-0.2, 0) is 14.3 Å². The summed E-state index contributed by atoms with van der Waals surface area (Å²) in [4.78, 5) is 24.6. The first-order valence-electron chi connectivity index (χ1n) is 13.3. The first-order valence-corrected chi connectivity index (χ1v) is 13.3. The summed E-state index contributed by atoms with van der Waals surface area (Å²) in [7, 11) is 0. The van der Waals surface area contributed by atoms with Gasteiger partial charge in [-0.2, -0.15) is 0 Å². The Labute approximate surface area is 216 Å². The summed E-state index contributed by atoms with van der Waals surface area (Å²) in [5.74, 6) is -1.62. The highest BCUT2D eigenvalue weighted by atomic mass is 16.5. The first-order chi connectivity index (χ1) is 16.4. The van der Waals surface area contributed by atoms with Gasteiger partial charge in [0, 0.05) is 16.7 Å². The maximum Gasteiger partial charge on any atom is 0.311 e. The van der Waals surface area contributed by atoms with Gasteiger partial charge in [-0.1, -0.05) is 66.7 Å². The van der Waals surface area contributed by atoms with Gasteiger partial charge in [0.05, 0.1) is 29.6 Å². The second kappa shape index (κ2) is 11.0. The third-order valence-electron chi connectivity index (χ3n) is 9.12. The van der Waals surface area contributed by atoms with Crippen LogP contribution in [0.2, 0.25) is 0 Å². The molecule has 7 nitrogen and oxygen atoms in total. The van der Waals surface area contributed by atoms with Crippen molar-refractivity contribution in [2.75, 3.05) is 0 Å². The molecule has 0 saturated carbocycles. The molecule has 2 aliphatic carbocycles. The van der Waals surface area contributed by atoms with E-state index in [1.165, 1.54) is 13.8 Å². The molecule has 0 bridgehead atoms. The van der Waals surface area contributed by atoms with Crippen molar-refractivity contribution in [3.05, 3.63) is 23.8 Å². The van der Waals surface area contributed by atoms with Gasteiger partial charge in [-0.05, 0) is 50.5 Å². The molecule has 0 aliphatic heterocycles. The number of rotatable bonds is 10. The van der Waals surface area contributed by atoms with Crippen LogP contribution in [0.1, 0.15) is 81.6 Å². The van der Waals surface area contributed by atoms with Gasteiger partial charge in [0.2, 0.25) is 0 Å². The summed E-state index contributed by atoms with van der Waals surface area (Å²) in [6, 6.07) is 0. The molecule has 0 aromatic rings. The van der Waals surface area contributed by atoms with Crippen LogP contribution in [-0.4, -0.2) is 56.8 Å². The lowest BCUT2D eigenvalue weighted by Crippen LogP contribution is -2.54. The predicted octanol–water partition coefficient (Wildman–Crippen LogP) is 4.35. The van der Waals surface area contributed by atoms with E-state index < -0.39 is 46.6 Å². The molecule has 0 saturated heterocycles. The summed E-state index contributed by atoms with van der Waals surface area (Å²) < 4.78 is 6.12. The molecule has 206 valence electrons. The summed E-state index contributed by atoms with van der Waals surface area (Å²) in [5.41, 5.74) is -2.23. The Hall–Kier alpha value is -1.70. The standard InChI is InChI=1S/C29H48O7/c1-10-16(2)24(32)36-23-22-18(15-21(31)27(23,4)5)12-11-17(3)19(22)13-14-20(30)28(6,7)25(33)29(8,9)26(34)35/h11-12,15-17,19-23,25,30-31,33H,10,13-14H2,1-9H3,(H,34,35)/t16-,17-,19-,20+,21+,22-,23+,25+/m0/s1. The number of allylic oxidation sites excluding steroid dienone is 2. The SMILES string of the molecule is CC[C@H](C)C(=O)O[C@@H]1[C@H]2C(=C[C@@H](O)C1(C)C)C=C[C@H](C)[C@@H]2CC[C@@H](O)C(C)(C)[C@@H](O)C(C)(C)C(=O)O. The number of carbonyl (C=O) groups excluding carboxylic acids is 1. The van der Waals surface area contributed by atoms with E-state index in [1.54, 1.807) is 13.8 Å². The lowest BCUT2D eigenvalue weighted by atomic mass is 9.59. The third kappa shape index (κ3) is 5.73. The number of fused-ring (bicyclic) bond motifs is 1. The molecule has 0 aromatic heterocycles. The molecule has 0 heterocycles. The average Bonchev–Trinajstić information content (AvgIpc) is 2.80. The van der Waals surface area contributed by atoms with Gasteiger partial charge in [0.15, 0.2) is 0 Å². The quantitative estimate of drug-likeness (QED) is 0.323. The molecule has 36 heavy (non-hydrogen) atoms. The Morgan fingerprint density at radius 3 is 2.28 bits per heavy atom. The van der Waals surface area contributed by atoms with Crippen LogP contribution in [0.25, 0.3) is 0 Å². The van der Waals surface area contributed by atoms with E-state index in [0.717, 1.165) is 5.57 Å². The van der Waals surface area contributed by atoms with E-state index in [-0.39, 0.29) is 29.6 Å². The highest BCUT2D eigenvalue weighted by molar-refractivity contribution is 5.74. The number of carbonyl (C=O) groups is 2. The molecule has 7 heteroatoms. The molecule has 0 amide bonds. The van der Waals surface area contributed by atoms with Crippen LogP contribution in [0.15, 0.2) is 23.8 Å². The van der Waals surface area contributed by atoms with Crippen LogP contribution in [0.3, 0.4) is 0 Å². The predicted molar refractivity (Wildman–Crippen MR) is 139 cm³/mol. The van der Waals surface area contributed by atoms with Gasteiger partial charge in [-0.15, -0.1) is 0 Å². The molecule has 0 unspecified atom stereocenters.